The number of hydrogen-bond donors (Lipinski definition) is 0. The van der Waals surface area contributed by atoms with Crippen LogP contribution in [-0.4, -0.2) is 20.0 Å². The molecule has 0 saturated carbocycles. The largest absolute Gasteiger partial charge is 0.234 e. The van der Waals surface area contributed by atoms with Gasteiger partial charge in [0, 0.05) is 10.8 Å². The van der Waals surface area contributed by atoms with E-state index in [9.17, 15) is 9.59 Å². The van der Waals surface area contributed by atoms with Gasteiger partial charge in [0.15, 0.2) is 0 Å². The van der Waals surface area contributed by atoms with E-state index in [1.54, 1.807) is 12.9 Å². The molecule has 0 aliphatic carbocycles. The highest BCUT2D eigenvalue weighted by molar-refractivity contribution is 6.85. The second-order valence-electron chi connectivity index (χ2n) is 3.45. The first-order valence-electron chi connectivity index (χ1n) is 3.41. The fraction of sp³-hybridized carbons (Fsp3) is 0.500. The van der Waals surface area contributed by atoms with E-state index in [1.807, 2.05) is 25.6 Å². The molecular weight excluding hydrogens is 156 g/mol. The lowest BCUT2D eigenvalue weighted by molar-refractivity contribution is 0.564. The van der Waals surface area contributed by atoms with Crippen molar-refractivity contribution < 1.29 is 9.59 Å². The minimum Gasteiger partial charge on any atom is -0.234 e. The first-order chi connectivity index (χ1) is 4.93. The molecule has 0 atom stereocenters. The topological polar surface area (TPSA) is 34.1 Å². The Bertz CT molecular complexity index is 248. The summed E-state index contributed by atoms with van der Waals surface area (Å²) in [6.07, 6.45) is 0. The Balaban J connectivity index is 5.05. The Morgan fingerprint density at radius 1 is 1.09 bits per heavy atom. The Hall–Kier alpha value is -0.883. The van der Waals surface area contributed by atoms with E-state index in [-0.39, 0.29) is 0 Å². The standard InChI is InChI=1S/C8H12O2Si/c1-7(5-9)8(6-10)11(2,3)4/h1-4H3. The molecule has 0 fully saturated rings. The predicted molar refractivity (Wildman–Crippen MR) is 47.4 cm³/mol. The minimum atomic E-state index is -1.68. The zero-order valence-electron chi connectivity index (χ0n) is 7.32. The van der Waals surface area contributed by atoms with Crippen molar-refractivity contribution in [3.05, 3.63) is 10.8 Å². The van der Waals surface area contributed by atoms with Crippen LogP contribution in [0.1, 0.15) is 6.92 Å². The van der Waals surface area contributed by atoms with Crippen LogP contribution in [0.4, 0.5) is 0 Å². The Kier molecular flexibility index (Phi) is 3.21. The van der Waals surface area contributed by atoms with E-state index in [2.05, 4.69) is 0 Å². The van der Waals surface area contributed by atoms with Crippen molar-refractivity contribution in [3.8, 4) is 0 Å². The van der Waals surface area contributed by atoms with Crippen molar-refractivity contribution in [1.29, 1.82) is 0 Å². The molecule has 11 heavy (non-hydrogen) atoms. The quantitative estimate of drug-likeness (QED) is 0.355. The van der Waals surface area contributed by atoms with Gasteiger partial charge in [-0.15, -0.1) is 0 Å². The molecule has 2 nitrogen and oxygen atoms in total. The summed E-state index contributed by atoms with van der Waals surface area (Å²) in [7, 11) is -1.68. The highest BCUT2D eigenvalue weighted by Crippen LogP contribution is 2.17. The van der Waals surface area contributed by atoms with Gasteiger partial charge >= 0.3 is 0 Å². The van der Waals surface area contributed by atoms with Gasteiger partial charge in [-0.1, -0.05) is 19.6 Å². The van der Waals surface area contributed by atoms with Crippen LogP contribution in [-0.2, 0) is 9.59 Å². The van der Waals surface area contributed by atoms with Gasteiger partial charge in [0.25, 0.3) is 0 Å². The maximum absolute atomic E-state index is 10.4. The summed E-state index contributed by atoms with van der Waals surface area (Å²) in [6.45, 7) is 7.59. The molecule has 0 saturated heterocycles. The Morgan fingerprint density at radius 2 is 1.55 bits per heavy atom. The van der Waals surface area contributed by atoms with Crippen molar-refractivity contribution in [2.24, 2.45) is 0 Å². The number of carbonyl (C=O) groups excluding carboxylic acids is 2. The van der Waals surface area contributed by atoms with E-state index >= 15 is 0 Å². The van der Waals surface area contributed by atoms with Crippen LogP contribution in [0.2, 0.25) is 19.6 Å². The van der Waals surface area contributed by atoms with Crippen LogP contribution in [0.25, 0.3) is 0 Å². The normalized spacial score (nSPS) is 9.82. The second-order valence-corrected chi connectivity index (χ2v) is 8.45. The highest BCUT2D eigenvalue weighted by atomic mass is 28.3. The van der Waals surface area contributed by atoms with Crippen molar-refractivity contribution in [1.82, 2.24) is 0 Å². The number of hydrogen-bond acceptors (Lipinski definition) is 2. The van der Waals surface area contributed by atoms with Gasteiger partial charge in [-0.3, -0.25) is 0 Å². The van der Waals surface area contributed by atoms with Gasteiger partial charge in [0.1, 0.15) is 11.9 Å². The van der Waals surface area contributed by atoms with Crippen LogP contribution in [0, 0.1) is 0 Å². The van der Waals surface area contributed by atoms with Crippen LogP contribution < -0.4 is 0 Å². The van der Waals surface area contributed by atoms with E-state index in [1.165, 1.54) is 0 Å². The van der Waals surface area contributed by atoms with E-state index in [4.69, 9.17) is 0 Å². The van der Waals surface area contributed by atoms with E-state index in [0.717, 1.165) is 0 Å². The van der Waals surface area contributed by atoms with Gasteiger partial charge in [-0.05, 0) is 6.92 Å². The second kappa shape index (κ2) is 3.49. The van der Waals surface area contributed by atoms with Crippen LogP contribution in [0.3, 0.4) is 0 Å². The summed E-state index contributed by atoms with van der Waals surface area (Å²) >= 11 is 0. The molecule has 0 aromatic carbocycles. The lowest BCUT2D eigenvalue weighted by atomic mass is 10.3. The summed E-state index contributed by atoms with van der Waals surface area (Å²) in [5.74, 6) is 3.55. The van der Waals surface area contributed by atoms with Gasteiger partial charge in [-0.2, -0.15) is 0 Å². The summed E-state index contributed by atoms with van der Waals surface area (Å²) in [5.41, 5.74) is 0.402. The average Bonchev–Trinajstić information content (AvgIpc) is 1.86. The van der Waals surface area contributed by atoms with Crippen molar-refractivity contribution >= 4 is 20.0 Å². The first kappa shape index (κ1) is 10.1. The Morgan fingerprint density at radius 3 is 1.64 bits per heavy atom. The maximum Gasteiger partial charge on any atom is 0.128 e. The lowest BCUT2D eigenvalue weighted by Crippen LogP contribution is -2.25. The lowest BCUT2D eigenvalue weighted by Gasteiger charge is -2.15. The molecule has 0 heterocycles. The zero-order valence-corrected chi connectivity index (χ0v) is 8.32. The third-order valence-corrected chi connectivity index (χ3v) is 3.36. The molecule has 0 radical (unpaired) electrons. The van der Waals surface area contributed by atoms with Gasteiger partial charge < -0.3 is 0 Å². The van der Waals surface area contributed by atoms with Crippen molar-refractivity contribution in [3.63, 3.8) is 0 Å². The van der Waals surface area contributed by atoms with Crippen LogP contribution in [0.15, 0.2) is 10.8 Å². The van der Waals surface area contributed by atoms with Crippen LogP contribution in [0.5, 0.6) is 0 Å². The molecule has 0 rings (SSSR count). The third kappa shape index (κ3) is 2.68. The molecule has 0 unspecified atom stereocenters. The fourth-order valence-corrected chi connectivity index (χ4v) is 2.33. The van der Waals surface area contributed by atoms with Gasteiger partial charge in [0.2, 0.25) is 0 Å². The monoisotopic (exact) mass is 168 g/mol. The zero-order chi connectivity index (χ0) is 9.07. The van der Waals surface area contributed by atoms with Crippen molar-refractivity contribution in [2.45, 2.75) is 26.6 Å². The minimum absolute atomic E-state index is 0.402. The SMILES string of the molecule is CC(=C=O)C(=C=O)[Si](C)(C)C. The molecule has 0 aromatic heterocycles. The molecule has 60 valence electrons. The maximum atomic E-state index is 10.4. The molecule has 0 spiro atoms. The fourth-order valence-electron chi connectivity index (χ4n) is 0.843. The molecular formula is C8H12O2Si. The van der Waals surface area contributed by atoms with Crippen LogP contribution >= 0.6 is 0 Å². The molecule has 0 amide bonds. The van der Waals surface area contributed by atoms with Gasteiger partial charge in [-0.25, -0.2) is 9.59 Å². The molecule has 0 aliphatic rings. The molecule has 3 heteroatoms. The number of rotatable bonds is 2. The summed E-state index contributed by atoms with van der Waals surface area (Å²) in [5, 5.41) is 0.535. The summed E-state index contributed by atoms with van der Waals surface area (Å²) < 4.78 is 0. The smallest absolute Gasteiger partial charge is 0.128 e. The molecule has 0 aliphatic heterocycles. The van der Waals surface area contributed by atoms with E-state index in [0.29, 0.717) is 10.8 Å². The average molecular weight is 168 g/mol. The molecule has 0 N–H and O–H groups in total. The summed E-state index contributed by atoms with van der Waals surface area (Å²) in [6, 6.07) is 0. The molecule has 0 bridgehead atoms. The first-order valence-corrected chi connectivity index (χ1v) is 6.91. The van der Waals surface area contributed by atoms with Crippen molar-refractivity contribution in [2.75, 3.05) is 0 Å². The third-order valence-electron chi connectivity index (χ3n) is 1.38. The molecule has 0 aromatic rings. The number of allylic oxidation sites excluding steroid dienone is 2. The van der Waals surface area contributed by atoms with Gasteiger partial charge in [0.05, 0.1) is 8.07 Å². The Labute approximate surface area is 67.6 Å². The van der Waals surface area contributed by atoms with E-state index < -0.39 is 8.07 Å². The highest BCUT2D eigenvalue weighted by Gasteiger charge is 2.22. The summed E-state index contributed by atoms with van der Waals surface area (Å²) in [4.78, 5) is 20.6. The predicted octanol–water partition coefficient (Wildman–Crippen LogP) is 1.40.